The van der Waals surface area contributed by atoms with Crippen LogP contribution in [0.15, 0.2) is 0 Å². The SMILES string of the molecule is CC(C)(C)OC(=O)N[C@@H]1CCSCC[C@@H]1CC(=O)O. The van der Waals surface area contributed by atoms with Crippen LogP contribution in [0.25, 0.3) is 0 Å². The lowest BCUT2D eigenvalue weighted by molar-refractivity contribution is -0.138. The molecule has 0 aliphatic carbocycles. The fourth-order valence-corrected chi connectivity index (χ4v) is 3.20. The third kappa shape index (κ3) is 6.71. The Bertz CT molecular complexity index is 327. The molecule has 0 unspecified atom stereocenters. The van der Waals surface area contributed by atoms with Gasteiger partial charge in [-0.1, -0.05) is 0 Å². The van der Waals surface area contributed by atoms with E-state index in [4.69, 9.17) is 9.84 Å². The molecule has 0 aromatic rings. The molecular formula is C13H23NO4S. The summed E-state index contributed by atoms with van der Waals surface area (Å²) in [6, 6.07) is -0.110. The van der Waals surface area contributed by atoms with Crippen LogP contribution in [0.2, 0.25) is 0 Å². The monoisotopic (exact) mass is 289 g/mol. The number of hydrogen-bond acceptors (Lipinski definition) is 4. The lowest BCUT2D eigenvalue weighted by Gasteiger charge is -2.27. The van der Waals surface area contributed by atoms with Crippen LogP contribution in [-0.4, -0.2) is 40.3 Å². The fourth-order valence-electron chi connectivity index (χ4n) is 2.10. The number of hydrogen-bond donors (Lipinski definition) is 2. The molecule has 0 radical (unpaired) electrons. The molecule has 1 heterocycles. The van der Waals surface area contributed by atoms with E-state index in [9.17, 15) is 9.59 Å². The van der Waals surface area contributed by atoms with Gasteiger partial charge < -0.3 is 15.2 Å². The highest BCUT2D eigenvalue weighted by Crippen LogP contribution is 2.25. The number of aliphatic carboxylic acids is 1. The minimum absolute atomic E-state index is 0.0139. The van der Waals surface area contributed by atoms with Crippen molar-refractivity contribution in [3.8, 4) is 0 Å². The zero-order valence-corrected chi connectivity index (χ0v) is 12.6. The summed E-state index contributed by atoms with van der Waals surface area (Å²) in [5.41, 5.74) is -0.536. The van der Waals surface area contributed by atoms with Gasteiger partial charge in [0.25, 0.3) is 0 Å². The van der Waals surface area contributed by atoms with E-state index >= 15 is 0 Å². The van der Waals surface area contributed by atoms with Crippen molar-refractivity contribution >= 4 is 23.8 Å². The predicted octanol–water partition coefficient (Wildman–Crippen LogP) is 2.50. The van der Waals surface area contributed by atoms with Crippen molar-refractivity contribution in [1.29, 1.82) is 0 Å². The Morgan fingerprint density at radius 3 is 2.53 bits per heavy atom. The zero-order chi connectivity index (χ0) is 14.5. The summed E-state index contributed by atoms with van der Waals surface area (Å²) in [7, 11) is 0. The second-order valence-electron chi connectivity index (χ2n) is 5.80. The van der Waals surface area contributed by atoms with Gasteiger partial charge in [-0.05, 0) is 51.0 Å². The van der Waals surface area contributed by atoms with Crippen LogP contribution in [0.4, 0.5) is 4.79 Å². The highest BCUT2D eigenvalue weighted by atomic mass is 32.2. The molecule has 0 aromatic carbocycles. The van der Waals surface area contributed by atoms with E-state index in [0.29, 0.717) is 0 Å². The first-order chi connectivity index (χ1) is 8.78. The molecule has 0 saturated carbocycles. The summed E-state index contributed by atoms with van der Waals surface area (Å²) in [5.74, 6) is 1.06. The molecule has 6 heteroatoms. The zero-order valence-electron chi connectivity index (χ0n) is 11.8. The summed E-state index contributed by atoms with van der Waals surface area (Å²) < 4.78 is 5.23. The van der Waals surface area contributed by atoms with E-state index in [0.717, 1.165) is 24.3 Å². The predicted molar refractivity (Wildman–Crippen MR) is 75.5 cm³/mol. The molecule has 1 amide bonds. The maximum Gasteiger partial charge on any atom is 0.407 e. The summed E-state index contributed by atoms with van der Waals surface area (Å²) in [6.07, 6.45) is 1.25. The van der Waals surface area contributed by atoms with Gasteiger partial charge in [-0.15, -0.1) is 0 Å². The highest BCUT2D eigenvalue weighted by Gasteiger charge is 2.28. The average Bonchev–Trinajstić information content (AvgIpc) is 2.41. The molecule has 0 bridgehead atoms. The minimum atomic E-state index is -0.812. The van der Waals surface area contributed by atoms with Gasteiger partial charge in [-0.3, -0.25) is 4.79 Å². The molecule has 1 aliphatic heterocycles. The Balaban J connectivity index is 2.59. The first-order valence-corrected chi connectivity index (χ1v) is 7.72. The van der Waals surface area contributed by atoms with E-state index < -0.39 is 17.7 Å². The van der Waals surface area contributed by atoms with Gasteiger partial charge in [-0.2, -0.15) is 11.8 Å². The van der Waals surface area contributed by atoms with Crippen molar-refractivity contribution in [2.75, 3.05) is 11.5 Å². The maximum atomic E-state index is 11.8. The Kier molecular flexibility index (Phi) is 5.97. The van der Waals surface area contributed by atoms with Crippen LogP contribution >= 0.6 is 11.8 Å². The quantitative estimate of drug-likeness (QED) is 0.835. The lowest BCUT2D eigenvalue weighted by atomic mass is 9.92. The number of ether oxygens (including phenoxy) is 1. The van der Waals surface area contributed by atoms with Crippen LogP contribution < -0.4 is 5.32 Å². The van der Waals surface area contributed by atoms with Crippen LogP contribution in [0.1, 0.15) is 40.0 Å². The second-order valence-corrected chi connectivity index (χ2v) is 7.03. The molecule has 1 saturated heterocycles. The Hall–Kier alpha value is -0.910. The number of carbonyl (C=O) groups is 2. The summed E-state index contributed by atoms with van der Waals surface area (Å²) in [6.45, 7) is 5.43. The van der Waals surface area contributed by atoms with E-state index in [2.05, 4.69) is 5.32 Å². The number of amides is 1. The highest BCUT2D eigenvalue weighted by molar-refractivity contribution is 7.99. The number of carboxylic acid groups (broad SMARTS) is 1. The third-order valence-electron chi connectivity index (χ3n) is 2.91. The van der Waals surface area contributed by atoms with Crippen molar-refractivity contribution in [1.82, 2.24) is 5.32 Å². The minimum Gasteiger partial charge on any atom is -0.481 e. The molecule has 2 N–H and O–H groups in total. The van der Waals surface area contributed by atoms with Crippen LogP contribution in [-0.2, 0) is 9.53 Å². The summed E-state index contributed by atoms with van der Waals surface area (Å²) in [5, 5.41) is 11.8. The molecule has 0 aromatic heterocycles. The number of rotatable bonds is 3. The van der Waals surface area contributed by atoms with Gasteiger partial charge in [0.15, 0.2) is 0 Å². The largest absolute Gasteiger partial charge is 0.481 e. The Morgan fingerprint density at radius 1 is 1.32 bits per heavy atom. The maximum absolute atomic E-state index is 11.8. The Morgan fingerprint density at radius 2 is 1.95 bits per heavy atom. The number of nitrogens with one attached hydrogen (secondary N) is 1. The van der Waals surface area contributed by atoms with Crippen molar-refractivity contribution in [2.24, 2.45) is 5.92 Å². The molecular weight excluding hydrogens is 266 g/mol. The Labute approximate surface area is 118 Å². The van der Waals surface area contributed by atoms with Gasteiger partial charge in [0, 0.05) is 6.04 Å². The summed E-state index contributed by atoms with van der Waals surface area (Å²) in [4.78, 5) is 22.7. The molecule has 2 atom stereocenters. The fraction of sp³-hybridized carbons (Fsp3) is 0.846. The second kappa shape index (κ2) is 7.03. The number of thioether (sulfide) groups is 1. The molecule has 1 aliphatic rings. The molecule has 5 nitrogen and oxygen atoms in total. The third-order valence-corrected chi connectivity index (χ3v) is 3.96. The van der Waals surface area contributed by atoms with Gasteiger partial charge in [0.05, 0.1) is 6.42 Å². The topological polar surface area (TPSA) is 75.6 Å². The van der Waals surface area contributed by atoms with Crippen molar-refractivity contribution < 1.29 is 19.4 Å². The summed E-state index contributed by atoms with van der Waals surface area (Å²) >= 11 is 1.81. The standard InChI is InChI=1S/C13H23NO4S/c1-13(2,3)18-12(17)14-10-5-7-19-6-4-9(10)8-11(15)16/h9-10H,4-8H2,1-3H3,(H,14,17)(H,15,16)/t9-,10-/m1/s1. The van der Waals surface area contributed by atoms with Gasteiger partial charge in [0.2, 0.25) is 0 Å². The molecule has 1 rings (SSSR count). The first-order valence-electron chi connectivity index (χ1n) is 6.57. The lowest BCUT2D eigenvalue weighted by Crippen LogP contribution is -2.43. The van der Waals surface area contributed by atoms with E-state index in [1.54, 1.807) is 11.8 Å². The van der Waals surface area contributed by atoms with E-state index in [1.165, 1.54) is 0 Å². The van der Waals surface area contributed by atoms with Crippen LogP contribution in [0, 0.1) is 5.92 Å². The first kappa shape index (κ1) is 16.1. The normalized spacial score (nSPS) is 24.4. The van der Waals surface area contributed by atoms with Crippen molar-refractivity contribution in [2.45, 2.75) is 51.7 Å². The van der Waals surface area contributed by atoms with Gasteiger partial charge in [-0.25, -0.2) is 4.79 Å². The molecule has 19 heavy (non-hydrogen) atoms. The van der Waals surface area contributed by atoms with Crippen molar-refractivity contribution in [3.63, 3.8) is 0 Å². The molecule has 1 fully saturated rings. The van der Waals surface area contributed by atoms with E-state index in [1.807, 2.05) is 20.8 Å². The smallest absolute Gasteiger partial charge is 0.407 e. The van der Waals surface area contributed by atoms with E-state index in [-0.39, 0.29) is 18.4 Å². The van der Waals surface area contributed by atoms with Crippen LogP contribution in [0.5, 0.6) is 0 Å². The molecule has 110 valence electrons. The average molecular weight is 289 g/mol. The number of carbonyl (C=O) groups excluding carboxylic acids is 1. The van der Waals surface area contributed by atoms with Crippen LogP contribution in [0.3, 0.4) is 0 Å². The van der Waals surface area contributed by atoms with Gasteiger partial charge in [0.1, 0.15) is 5.60 Å². The molecule has 0 spiro atoms. The van der Waals surface area contributed by atoms with Gasteiger partial charge >= 0.3 is 12.1 Å². The van der Waals surface area contributed by atoms with Crippen molar-refractivity contribution in [3.05, 3.63) is 0 Å². The number of carboxylic acids is 1. The number of alkyl carbamates (subject to hydrolysis) is 1.